The molecule has 0 spiro atoms. The second-order valence-corrected chi connectivity index (χ2v) is 14.5. The summed E-state index contributed by atoms with van der Waals surface area (Å²) in [5.41, 5.74) is 4.97. The molecular formula is C36H48N4O2. The van der Waals surface area contributed by atoms with E-state index < -0.39 is 0 Å². The van der Waals surface area contributed by atoms with E-state index in [0.29, 0.717) is 0 Å². The molecule has 2 aromatic carbocycles. The summed E-state index contributed by atoms with van der Waals surface area (Å²) >= 11 is 0. The number of benzene rings is 2. The minimum absolute atomic E-state index is 0.0145. The third-order valence-electron chi connectivity index (χ3n) is 9.08. The van der Waals surface area contributed by atoms with Crippen molar-refractivity contribution in [3.8, 4) is 11.5 Å². The van der Waals surface area contributed by atoms with Crippen LogP contribution in [-0.4, -0.2) is 59.2 Å². The normalized spacial score (nSPS) is 24.9. The molecule has 1 aliphatic heterocycles. The third-order valence-corrected chi connectivity index (χ3v) is 9.08. The summed E-state index contributed by atoms with van der Waals surface area (Å²) in [6.45, 7) is 13.1. The summed E-state index contributed by atoms with van der Waals surface area (Å²) in [4.78, 5) is 20.1. The van der Waals surface area contributed by atoms with E-state index >= 15 is 0 Å². The molecule has 1 heterocycles. The first-order valence-corrected chi connectivity index (χ1v) is 15.8. The molecule has 42 heavy (non-hydrogen) atoms. The summed E-state index contributed by atoms with van der Waals surface area (Å²) < 4.78 is 0. The number of hydrogen-bond acceptors (Lipinski definition) is 6. The lowest BCUT2D eigenvalue weighted by molar-refractivity contribution is 0.389. The molecule has 224 valence electrons. The Hall–Kier alpha value is -3.28. The Labute approximate surface area is 251 Å². The number of aromatic hydroxyl groups is 2. The lowest BCUT2D eigenvalue weighted by Crippen LogP contribution is -2.27. The van der Waals surface area contributed by atoms with Crippen LogP contribution in [-0.2, 0) is 10.8 Å². The maximum atomic E-state index is 11.4. The van der Waals surface area contributed by atoms with Crippen LogP contribution in [0.4, 0.5) is 0 Å². The first-order chi connectivity index (χ1) is 19.9. The van der Waals surface area contributed by atoms with Crippen LogP contribution in [0.2, 0.25) is 0 Å². The number of aliphatic imine (C=N–C) groups is 4. The molecule has 0 amide bonds. The molecule has 0 unspecified atom stereocenters. The lowest BCUT2D eigenvalue weighted by atomic mass is 9.84. The molecule has 3 aliphatic rings. The SMILES string of the molecule is CC(C)(C)c1cc2c(O)c(c1)C=N[C@H]1CCCC[C@@H]1N=Cc1cc(C(C)(C)C)cc(c1O)C=N[C@H]1CCCC[C@@H]1N=C2. The van der Waals surface area contributed by atoms with Crippen LogP contribution in [0, 0.1) is 0 Å². The molecule has 2 saturated carbocycles. The van der Waals surface area contributed by atoms with Crippen LogP contribution in [0.5, 0.6) is 11.5 Å². The largest absolute Gasteiger partial charge is 0.507 e. The predicted octanol–water partition coefficient (Wildman–Crippen LogP) is 7.70. The van der Waals surface area contributed by atoms with Crippen molar-refractivity contribution >= 4 is 24.9 Å². The van der Waals surface area contributed by atoms with Crippen molar-refractivity contribution in [2.75, 3.05) is 0 Å². The zero-order chi connectivity index (χ0) is 30.1. The highest BCUT2D eigenvalue weighted by Gasteiger charge is 2.27. The molecule has 2 aromatic rings. The van der Waals surface area contributed by atoms with E-state index in [0.717, 1.165) is 84.7 Å². The second kappa shape index (κ2) is 12.1. The Kier molecular flexibility index (Phi) is 8.73. The van der Waals surface area contributed by atoms with Gasteiger partial charge in [-0.3, -0.25) is 20.0 Å². The van der Waals surface area contributed by atoms with Gasteiger partial charge in [0, 0.05) is 47.1 Å². The molecule has 2 aliphatic carbocycles. The molecule has 2 N–H and O–H groups in total. The summed E-state index contributed by atoms with van der Waals surface area (Å²) in [5.74, 6) is 0.441. The van der Waals surface area contributed by atoms with Crippen molar-refractivity contribution in [2.24, 2.45) is 20.0 Å². The predicted molar refractivity (Wildman–Crippen MR) is 176 cm³/mol. The van der Waals surface area contributed by atoms with Gasteiger partial charge in [-0.2, -0.15) is 0 Å². The van der Waals surface area contributed by atoms with Crippen LogP contribution in [0.25, 0.3) is 0 Å². The van der Waals surface area contributed by atoms with Gasteiger partial charge in [0.1, 0.15) is 11.5 Å². The van der Waals surface area contributed by atoms with E-state index in [1.165, 1.54) is 0 Å². The van der Waals surface area contributed by atoms with Gasteiger partial charge in [0.05, 0.1) is 24.2 Å². The standard InChI is InChI=1S/C36H48N4O2/c1-35(2,3)27-15-23-19-37-29-11-7-9-13-31(29)39-21-25-17-28(36(4,5)6)18-26(34(25)42)22-40-32-14-10-8-12-30(32)38-20-24(16-27)33(23)41/h15-22,29-32,41-42H,7-14H2,1-6H3/t29-,30-,31-,32-/m0/s1. The van der Waals surface area contributed by atoms with E-state index in [1.807, 2.05) is 24.9 Å². The first-order valence-electron chi connectivity index (χ1n) is 15.8. The van der Waals surface area contributed by atoms with Gasteiger partial charge in [-0.1, -0.05) is 67.2 Å². The molecule has 6 heteroatoms. The third kappa shape index (κ3) is 6.85. The van der Waals surface area contributed by atoms with Gasteiger partial charge in [0.25, 0.3) is 0 Å². The van der Waals surface area contributed by atoms with Gasteiger partial charge >= 0.3 is 0 Å². The van der Waals surface area contributed by atoms with Crippen molar-refractivity contribution < 1.29 is 10.2 Å². The molecule has 0 radical (unpaired) electrons. The maximum Gasteiger partial charge on any atom is 0.133 e. The summed E-state index contributed by atoms with van der Waals surface area (Å²) in [6, 6.07) is 8.28. The van der Waals surface area contributed by atoms with Crippen molar-refractivity contribution in [3.05, 3.63) is 57.6 Å². The Morgan fingerprint density at radius 2 is 0.714 bits per heavy atom. The molecule has 0 aromatic heterocycles. The zero-order valence-corrected chi connectivity index (χ0v) is 26.3. The fraction of sp³-hybridized carbons (Fsp3) is 0.556. The van der Waals surface area contributed by atoms with Gasteiger partial charge in [0.2, 0.25) is 0 Å². The number of hydrogen-bond donors (Lipinski definition) is 2. The van der Waals surface area contributed by atoms with E-state index in [2.05, 4.69) is 65.8 Å². The fourth-order valence-electron chi connectivity index (χ4n) is 6.20. The Morgan fingerprint density at radius 1 is 0.476 bits per heavy atom. The number of rotatable bonds is 0. The Bertz CT molecular complexity index is 1210. The van der Waals surface area contributed by atoms with Gasteiger partial charge in [-0.15, -0.1) is 0 Å². The minimum atomic E-state index is -0.0914. The fourth-order valence-corrected chi connectivity index (χ4v) is 6.20. The van der Waals surface area contributed by atoms with Crippen molar-refractivity contribution in [1.82, 2.24) is 0 Å². The number of phenolic OH excluding ortho intramolecular Hbond substituents is 2. The Balaban J connectivity index is 1.66. The van der Waals surface area contributed by atoms with Crippen LogP contribution in [0.15, 0.2) is 44.2 Å². The van der Waals surface area contributed by atoms with Crippen molar-refractivity contribution in [1.29, 1.82) is 0 Å². The summed E-state index contributed by atoms with van der Waals surface area (Å²) in [6.07, 6.45) is 15.6. The molecule has 4 bridgehead atoms. The molecule has 2 fully saturated rings. The average molecular weight is 569 g/mol. The van der Waals surface area contributed by atoms with Crippen LogP contribution < -0.4 is 0 Å². The second-order valence-electron chi connectivity index (χ2n) is 14.5. The topological polar surface area (TPSA) is 89.9 Å². The van der Waals surface area contributed by atoms with Crippen LogP contribution in [0.3, 0.4) is 0 Å². The number of phenols is 2. The molecule has 6 nitrogen and oxygen atoms in total. The van der Waals surface area contributed by atoms with E-state index in [4.69, 9.17) is 20.0 Å². The van der Waals surface area contributed by atoms with Gasteiger partial charge in [-0.05, 0) is 71.9 Å². The quantitative estimate of drug-likeness (QED) is 0.341. The highest BCUT2D eigenvalue weighted by Crippen LogP contribution is 2.33. The zero-order valence-electron chi connectivity index (χ0n) is 26.3. The molecule has 5 rings (SSSR count). The highest BCUT2D eigenvalue weighted by atomic mass is 16.3. The van der Waals surface area contributed by atoms with Gasteiger partial charge in [-0.25, -0.2) is 0 Å². The number of fused-ring (bicyclic) bond motifs is 6. The van der Waals surface area contributed by atoms with E-state index in [9.17, 15) is 10.2 Å². The summed E-state index contributed by atoms with van der Waals surface area (Å²) in [5, 5.41) is 22.7. The smallest absolute Gasteiger partial charge is 0.133 e. The minimum Gasteiger partial charge on any atom is -0.507 e. The lowest BCUT2D eigenvalue weighted by Gasteiger charge is -2.27. The Morgan fingerprint density at radius 3 is 0.929 bits per heavy atom. The van der Waals surface area contributed by atoms with E-state index in [1.54, 1.807) is 0 Å². The van der Waals surface area contributed by atoms with Crippen LogP contribution in [0.1, 0.15) is 126 Å². The number of nitrogens with zero attached hydrogens (tertiary/aromatic N) is 4. The highest BCUT2D eigenvalue weighted by molar-refractivity contribution is 5.94. The van der Waals surface area contributed by atoms with Crippen LogP contribution >= 0.6 is 0 Å². The molecule has 0 saturated heterocycles. The van der Waals surface area contributed by atoms with Gasteiger partial charge < -0.3 is 10.2 Å². The van der Waals surface area contributed by atoms with E-state index in [-0.39, 0.29) is 46.5 Å². The van der Waals surface area contributed by atoms with Gasteiger partial charge in [0.15, 0.2) is 0 Å². The van der Waals surface area contributed by atoms with Crippen molar-refractivity contribution in [2.45, 2.75) is 128 Å². The average Bonchev–Trinajstić information content (AvgIpc) is 2.94. The maximum absolute atomic E-state index is 11.4. The first kappa shape index (κ1) is 30.2. The molecular weight excluding hydrogens is 520 g/mol. The molecule has 4 atom stereocenters. The van der Waals surface area contributed by atoms with Crippen molar-refractivity contribution in [3.63, 3.8) is 0 Å². The monoisotopic (exact) mass is 568 g/mol. The summed E-state index contributed by atoms with van der Waals surface area (Å²) in [7, 11) is 0.